The Bertz CT molecular complexity index is 678. The first-order valence-electron chi connectivity index (χ1n) is 7.53. The summed E-state index contributed by atoms with van der Waals surface area (Å²) in [7, 11) is -1.23. The maximum atomic E-state index is 13.0. The third-order valence-corrected chi connectivity index (χ3v) is 5.65. The topological polar surface area (TPSA) is 27.1 Å². The van der Waals surface area contributed by atoms with Crippen LogP contribution in [0, 0.1) is 0 Å². The molecule has 2 aromatic rings. The second-order valence-corrected chi connectivity index (χ2v) is 13.2. The highest BCUT2D eigenvalue weighted by Gasteiger charge is 2.33. The molecule has 2 heterocycles. The van der Waals surface area contributed by atoms with Gasteiger partial charge in [-0.25, -0.2) is 4.98 Å². The molecule has 0 radical (unpaired) electrons. The number of alkyl halides is 3. The molecule has 0 amide bonds. The van der Waals surface area contributed by atoms with Gasteiger partial charge in [-0.15, -0.1) is 0 Å². The average molecular weight is 421 g/mol. The lowest BCUT2D eigenvalue weighted by atomic mass is 10.2. The maximum absolute atomic E-state index is 13.0. The van der Waals surface area contributed by atoms with Crippen molar-refractivity contribution in [3.05, 3.63) is 40.8 Å². The van der Waals surface area contributed by atoms with Gasteiger partial charge in [0.2, 0.25) is 0 Å². The standard InChI is InChI=1S/C16H20BrF3N2OSi/c1-24(2,3)7-6-23-11-22-10-13(16(18,19)20)8-14(22)12-4-5-15(17)21-9-12/h4-5,8-10H,6-7,11H2,1-3H3. The van der Waals surface area contributed by atoms with E-state index in [1.54, 1.807) is 12.1 Å². The maximum Gasteiger partial charge on any atom is 0.417 e. The molecule has 0 aliphatic rings. The highest BCUT2D eigenvalue weighted by atomic mass is 79.9. The van der Waals surface area contributed by atoms with Crippen LogP contribution in [0.1, 0.15) is 5.56 Å². The van der Waals surface area contributed by atoms with Crippen LogP contribution >= 0.6 is 15.9 Å². The van der Waals surface area contributed by atoms with Gasteiger partial charge in [0.05, 0.1) is 11.3 Å². The molecular weight excluding hydrogens is 401 g/mol. The first-order valence-corrected chi connectivity index (χ1v) is 12.0. The average Bonchev–Trinajstić information content (AvgIpc) is 2.88. The van der Waals surface area contributed by atoms with Gasteiger partial charge in [0.1, 0.15) is 11.3 Å². The summed E-state index contributed by atoms with van der Waals surface area (Å²) in [5.41, 5.74) is 0.368. The molecule has 0 atom stereocenters. The van der Waals surface area contributed by atoms with Crippen molar-refractivity contribution in [2.24, 2.45) is 0 Å². The molecular formula is C16H20BrF3N2OSi. The number of rotatable bonds is 6. The smallest absolute Gasteiger partial charge is 0.361 e. The van der Waals surface area contributed by atoms with Crippen molar-refractivity contribution in [3.63, 3.8) is 0 Å². The zero-order chi connectivity index (χ0) is 18.0. The summed E-state index contributed by atoms with van der Waals surface area (Å²) < 4.78 is 46.8. The van der Waals surface area contributed by atoms with E-state index in [-0.39, 0.29) is 6.73 Å². The van der Waals surface area contributed by atoms with E-state index in [0.717, 1.165) is 18.3 Å². The van der Waals surface area contributed by atoms with Crippen molar-refractivity contribution in [3.8, 4) is 11.3 Å². The number of nitrogens with zero attached hydrogens (tertiary/aromatic N) is 2. The largest absolute Gasteiger partial charge is 0.417 e. The van der Waals surface area contributed by atoms with Crippen LogP contribution in [0.5, 0.6) is 0 Å². The Labute approximate surface area is 149 Å². The number of aromatic nitrogens is 2. The minimum absolute atomic E-state index is 0.0892. The third kappa shape index (κ3) is 5.46. The second kappa shape index (κ2) is 7.41. The lowest BCUT2D eigenvalue weighted by Crippen LogP contribution is -2.22. The fourth-order valence-electron chi connectivity index (χ4n) is 2.08. The van der Waals surface area contributed by atoms with E-state index in [0.29, 0.717) is 22.5 Å². The highest BCUT2D eigenvalue weighted by Crippen LogP contribution is 2.34. The van der Waals surface area contributed by atoms with Crippen LogP contribution in [0.4, 0.5) is 13.2 Å². The summed E-state index contributed by atoms with van der Waals surface area (Å²) in [6, 6.07) is 5.53. The molecule has 0 unspecified atom stereocenters. The first kappa shape index (κ1) is 19.2. The molecule has 132 valence electrons. The summed E-state index contributed by atoms with van der Waals surface area (Å²) >= 11 is 3.22. The molecule has 0 N–H and O–H groups in total. The van der Waals surface area contributed by atoms with Crippen LogP contribution in [0.15, 0.2) is 35.2 Å². The first-order chi connectivity index (χ1) is 11.1. The number of pyridine rings is 1. The molecule has 0 bridgehead atoms. The van der Waals surface area contributed by atoms with E-state index < -0.39 is 19.8 Å². The number of halogens is 4. The van der Waals surface area contributed by atoms with Gasteiger partial charge in [0, 0.05) is 32.6 Å². The van der Waals surface area contributed by atoms with Gasteiger partial charge < -0.3 is 9.30 Å². The zero-order valence-electron chi connectivity index (χ0n) is 13.8. The van der Waals surface area contributed by atoms with Crippen LogP contribution in [0.3, 0.4) is 0 Å². The molecule has 0 saturated carbocycles. The van der Waals surface area contributed by atoms with Crippen LogP contribution in [-0.4, -0.2) is 24.2 Å². The van der Waals surface area contributed by atoms with Crippen LogP contribution < -0.4 is 0 Å². The molecule has 2 rings (SSSR count). The highest BCUT2D eigenvalue weighted by molar-refractivity contribution is 9.10. The molecule has 0 aliphatic heterocycles. The molecule has 0 spiro atoms. The fourth-order valence-corrected chi connectivity index (χ4v) is 3.08. The van der Waals surface area contributed by atoms with Crippen LogP contribution in [0.2, 0.25) is 25.7 Å². The van der Waals surface area contributed by atoms with Crippen molar-refractivity contribution >= 4 is 24.0 Å². The summed E-state index contributed by atoms with van der Waals surface area (Å²) in [5, 5.41) is 0. The Morgan fingerprint density at radius 2 is 1.96 bits per heavy atom. The molecule has 0 aromatic carbocycles. The lowest BCUT2D eigenvalue weighted by Gasteiger charge is -2.16. The molecule has 2 aromatic heterocycles. The molecule has 0 aliphatic carbocycles. The van der Waals surface area contributed by atoms with E-state index in [1.807, 2.05) is 0 Å². The minimum atomic E-state index is -4.39. The Morgan fingerprint density at radius 1 is 1.25 bits per heavy atom. The van der Waals surface area contributed by atoms with Crippen LogP contribution in [0.25, 0.3) is 11.3 Å². The Morgan fingerprint density at radius 3 is 2.50 bits per heavy atom. The Hall–Kier alpha value is -1.12. The fraction of sp³-hybridized carbons (Fsp3) is 0.438. The predicted molar refractivity (Wildman–Crippen MR) is 94.5 cm³/mol. The van der Waals surface area contributed by atoms with Crippen molar-refractivity contribution in [2.45, 2.75) is 38.6 Å². The number of hydrogen-bond acceptors (Lipinski definition) is 2. The van der Waals surface area contributed by atoms with Gasteiger partial charge in [-0.05, 0) is 40.2 Å². The summed E-state index contributed by atoms with van der Waals surface area (Å²) in [6.45, 7) is 7.32. The van der Waals surface area contributed by atoms with Crippen LogP contribution in [-0.2, 0) is 17.6 Å². The monoisotopic (exact) mass is 420 g/mol. The van der Waals surface area contributed by atoms with Gasteiger partial charge in [-0.2, -0.15) is 13.2 Å². The third-order valence-electron chi connectivity index (χ3n) is 3.47. The van der Waals surface area contributed by atoms with Crippen molar-refractivity contribution in [1.29, 1.82) is 0 Å². The van der Waals surface area contributed by atoms with Gasteiger partial charge in [0.25, 0.3) is 0 Å². The van der Waals surface area contributed by atoms with E-state index in [1.165, 1.54) is 10.8 Å². The SMILES string of the molecule is C[Si](C)(C)CCOCn1cc(C(F)(F)F)cc1-c1ccc(Br)nc1. The molecule has 8 heteroatoms. The number of ether oxygens (including phenoxy) is 1. The molecule has 3 nitrogen and oxygen atoms in total. The summed E-state index contributed by atoms with van der Waals surface area (Å²) in [5.74, 6) is 0. The Kier molecular flexibility index (Phi) is 5.93. The summed E-state index contributed by atoms with van der Waals surface area (Å²) in [4.78, 5) is 4.08. The van der Waals surface area contributed by atoms with Crippen molar-refractivity contribution in [2.75, 3.05) is 6.61 Å². The van der Waals surface area contributed by atoms with E-state index >= 15 is 0 Å². The Balaban J connectivity index is 2.21. The lowest BCUT2D eigenvalue weighted by molar-refractivity contribution is -0.137. The van der Waals surface area contributed by atoms with E-state index in [2.05, 4.69) is 40.6 Å². The van der Waals surface area contributed by atoms with Crippen molar-refractivity contribution in [1.82, 2.24) is 9.55 Å². The van der Waals surface area contributed by atoms with Gasteiger partial charge in [-0.1, -0.05) is 19.6 Å². The quantitative estimate of drug-likeness (QED) is 0.343. The zero-order valence-corrected chi connectivity index (χ0v) is 16.4. The number of hydrogen-bond donors (Lipinski definition) is 0. The van der Waals surface area contributed by atoms with Gasteiger partial charge in [-0.3, -0.25) is 0 Å². The summed E-state index contributed by atoms with van der Waals surface area (Å²) in [6.07, 6.45) is -1.76. The van der Waals surface area contributed by atoms with Gasteiger partial charge >= 0.3 is 6.18 Å². The van der Waals surface area contributed by atoms with E-state index in [4.69, 9.17) is 4.74 Å². The minimum Gasteiger partial charge on any atom is -0.361 e. The molecule has 0 fully saturated rings. The predicted octanol–water partition coefficient (Wildman–Crippen LogP) is 5.64. The molecule has 24 heavy (non-hydrogen) atoms. The second-order valence-electron chi connectivity index (χ2n) is 6.80. The normalized spacial score (nSPS) is 12.6. The van der Waals surface area contributed by atoms with E-state index in [9.17, 15) is 13.2 Å². The van der Waals surface area contributed by atoms with Crippen molar-refractivity contribution < 1.29 is 17.9 Å². The molecule has 0 saturated heterocycles. The van der Waals surface area contributed by atoms with Gasteiger partial charge in [0.15, 0.2) is 0 Å².